The van der Waals surface area contributed by atoms with Gasteiger partial charge in [-0.25, -0.2) is 0 Å². The first kappa shape index (κ1) is 13.7. The molecule has 3 heteroatoms. The van der Waals surface area contributed by atoms with E-state index in [0.29, 0.717) is 6.04 Å². The van der Waals surface area contributed by atoms with Gasteiger partial charge in [0.1, 0.15) is 5.75 Å². The van der Waals surface area contributed by atoms with Crippen LogP contribution in [0.4, 0.5) is 0 Å². The minimum atomic E-state index is 0.461. The maximum atomic E-state index is 6.04. The second-order valence-electron chi connectivity index (χ2n) is 5.37. The van der Waals surface area contributed by atoms with Gasteiger partial charge in [0.05, 0.1) is 6.61 Å². The molecule has 0 bridgehead atoms. The van der Waals surface area contributed by atoms with Gasteiger partial charge in [-0.1, -0.05) is 38.3 Å². The van der Waals surface area contributed by atoms with Crippen molar-refractivity contribution in [2.45, 2.75) is 45.7 Å². The molecule has 1 saturated carbocycles. The van der Waals surface area contributed by atoms with Crippen LogP contribution in [0.25, 0.3) is 0 Å². The van der Waals surface area contributed by atoms with Crippen LogP contribution in [0.1, 0.15) is 38.7 Å². The van der Waals surface area contributed by atoms with E-state index >= 15 is 0 Å². The molecule has 2 rings (SSSR count). The summed E-state index contributed by atoms with van der Waals surface area (Å²) in [5, 5.41) is 4.17. The standard InChI is InChI=1S/C15H22ClNO/c1-11(2)17-10-13-9-14(16)5-6-15(13)18-8-7-12-3-4-12/h5-6,9,11-12,17H,3-4,7-8,10H2,1-2H3. The van der Waals surface area contributed by atoms with Crippen LogP contribution in [-0.4, -0.2) is 12.6 Å². The maximum absolute atomic E-state index is 6.04. The van der Waals surface area contributed by atoms with Gasteiger partial charge >= 0.3 is 0 Å². The second kappa shape index (κ2) is 6.44. The highest BCUT2D eigenvalue weighted by atomic mass is 35.5. The van der Waals surface area contributed by atoms with Crippen molar-refractivity contribution in [3.63, 3.8) is 0 Å². The Hall–Kier alpha value is -0.730. The molecule has 0 unspecified atom stereocenters. The van der Waals surface area contributed by atoms with E-state index in [4.69, 9.17) is 16.3 Å². The molecule has 2 nitrogen and oxygen atoms in total. The zero-order valence-corrected chi connectivity index (χ0v) is 12.0. The Bertz CT molecular complexity index is 388. The molecule has 1 aliphatic carbocycles. The highest BCUT2D eigenvalue weighted by molar-refractivity contribution is 6.30. The average Bonchev–Trinajstić information content (AvgIpc) is 3.13. The van der Waals surface area contributed by atoms with E-state index in [0.717, 1.165) is 35.4 Å². The Morgan fingerprint density at radius 1 is 1.39 bits per heavy atom. The maximum Gasteiger partial charge on any atom is 0.123 e. The molecule has 0 spiro atoms. The molecule has 100 valence electrons. The first-order valence-electron chi connectivity index (χ1n) is 6.80. The average molecular weight is 268 g/mol. The Morgan fingerprint density at radius 3 is 2.83 bits per heavy atom. The van der Waals surface area contributed by atoms with Crippen LogP contribution in [0.2, 0.25) is 5.02 Å². The third-order valence-corrected chi connectivity index (χ3v) is 3.44. The van der Waals surface area contributed by atoms with Gasteiger partial charge < -0.3 is 10.1 Å². The molecule has 1 aliphatic rings. The number of benzene rings is 1. The predicted molar refractivity (Wildman–Crippen MR) is 76.3 cm³/mol. The fraction of sp³-hybridized carbons (Fsp3) is 0.600. The van der Waals surface area contributed by atoms with Crippen LogP contribution in [-0.2, 0) is 6.54 Å². The van der Waals surface area contributed by atoms with Gasteiger partial charge in [-0.05, 0) is 30.5 Å². The van der Waals surface area contributed by atoms with Gasteiger partial charge in [0.2, 0.25) is 0 Å². The van der Waals surface area contributed by atoms with E-state index < -0.39 is 0 Å². The van der Waals surface area contributed by atoms with Crippen molar-refractivity contribution in [2.75, 3.05) is 6.61 Å². The van der Waals surface area contributed by atoms with Crippen molar-refractivity contribution in [1.82, 2.24) is 5.32 Å². The van der Waals surface area contributed by atoms with E-state index in [1.165, 1.54) is 19.3 Å². The van der Waals surface area contributed by atoms with Gasteiger partial charge in [-0.2, -0.15) is 0 Å². The van der Waals surface area contributed by atoms with E-state index in [1.54, 1.807) is 0 Å². The minimum absolute atomic E-state index is 0.461. The summed E-state index contributed by atoms with van der Waals surface area (Å²) in [6.45, 7) is 5.90. The number of ether oxygens (including phenoxy) is 1. The molecule has 0 amide bonds. The number of rotatable bonds is 7. The minimum Gasteiger partial charge on any atom is -0.493 e. The first-order chi connectivity index (χ1) is 8.65. The van der Waals surface area contributed by atoms with Gasteiger partial charge in [0, 0.05) is 23.2 Å². The molecule has 1 N–H and O–H groups in total. The van der Waals surface area contributed by atoms with Gasteiger partial charge in [0.15, 0.2) is 0 Å². The van der Waals surface area contributed by atoms with Gasteiger partial charge in [-0.3, -0.25) is 0 Å². The summed E-state index contributed by atoms with van der Waals surface area (Å²) in [7, 11) is 0. The lowest BCUT2D eigenvalue weighted by atomic mass is 10.2. The van der Waals surface area contributed by atoms with Crippen LogP contribution < -0.4 is 10.1 Å². The SMILES string of the molecule is CC(C)NCc1cc(Cl)ccc1OCCC1CC1. The molecule has 0 heterocycles. The number of halogens is 1. The van der Waals surface area contributed by atoms with Crippen molar-refractivity contribution in [3.8, 4) is 5.75 Å². The van der Waals surface area contributed by atoms with Crippen molar-refractivity contribution in [1.29, 1.82) is 0 Å². The molecule has 0 aliphatic heterocycles. The third kappa shape index (κ3) is 4.51. The third-order valence-electron chi connectivity index (χ3n) is 3.20. The smallest absolute Gasteiger partial charge is 0.123 e. The Labute approximate surface area is 115 Å². The van der Waals surface area contributed by atoms with E-state index in [1.807, 2.05) is 18.2 Å². The molecule has 0 aromatic heterocycles. The Kier molecular flexibility index (Phi) is 4.90. The largest absolute Gasteiger partial charge is 0.493 e. The topological polar surface area (TPSA) is 21.3 Å². The van der Waals surface area contributed by atoms with E-state index in [9.17, 15) is 0 Å². The molecule has 1 aromatic carbocycles. The fourth-order valence-corrected chi connectivity index (χ4v) is 2.08. The lowest BCUT2D eigenvalue weighted by Gasteiger charge is -2.14. The summed E-state index contributed by atoms with van der Waals surface area (Å²) in [5.74, 6) is 1.88. The molecular formula is C15H22ClNO. The van der Waals surface area contributed by atoms with Crippen molar-refractivity contribution in [3.05, 3.63) is 28.8 Å². The zero-order valence-electron chi connectivity index (χ0n) is 11.2. The second-order valence-corrected chi connectivity index (χ2v) is 5.80. The van der Waals surface area contributed by atoms with Crippen molar-refractivity contribution < 1.29 is 4.74 Å². The van der Waals surface area contributed by atoms with E-state index in [2.05, 4.69) is 19.2 Å². The van der Waals surface area contributed by atoms with Gasteiger partial charge in [0.25, 0.3) is 0 Å². The van der Waals surface area contributed by atoms with Crippen LogP contribution in [0, 0.1) is 5.92 Å². The highest BCUT2D eigenvalue weighted by Gasteiger charge is 2.20. The lowest BCUT2D eigenvalue weighted by molar-refractivity contribution is 0.298. The molecular weight excluding hydrogens is 246 g/mol. The van der Waals surface area contributed by atoms with Crippen LogP contribution >= 0.6 is 11.6 Å². The predicted octanol–water partition coefficient (Wildman–Crippen LogP) is 4.02. The van der Waals surface area contributed by atoms with Crippen LogP contribution in [0.5, 0.6) is 5.75 Å². The molecule has 1 fully saturated rings. The highest BCUT2D eigenvalue weighted by Crippen LogP contribution is 2.32. The Morgan fingerprint density at radius 2 is 2.17 bits per heavy atom. The van der Waals surface area contributed by atoms with Crippen LogP contribution in [0.3, 0.4) is 0 Å². The van der Waals surface area contributed by atoms with Crippen molar-refractivity contribution >= 4 is 11.6 Å². The lowest BCUT2D eigenvalue weighted by Crippen LogP contribution is -2.22. The Balaban J connectivity index is 1.92. The normalized spacial score (nSPS) is 15.1. The number of hydrogen-bond donors (Lipinski definition) is 1. The first-order valence-corrected chi connectivity index (χ1v) is 7.17. The summed E-state index contributed by atoms with van der Waals surface area (Å²) in [5.41, 5.74) is 1.15. The fourth-order valence-electron chi connectivity index (χ4n) is 1.88. The summed E-state index contributed by atoms with van der Waals surface area (Å²) in [4.78, 5) is 0. The number of nitrogens with one attached hydrogen (secondary N) is 1. The zero-order chi connectivity index (χ0) is 13.0. The summed E-state index contributed by atoms with van der Waals surface area (Å²) >= 11 is 6.04. The molecule has 1 aromatic rings. The molecule has 0 saturated heterocycles. The monoisotopic (exact) mass is 267 g/mol. The quantitative estimate of drug-likeness (QED) is 0.806. The summed E-state index contributed by atoms with van der Waals surface area (Å²) < 4.78 is 5.88. The van der Waals surface area contributed by atoms with E-state index in [-0.39, 0.29) is 0 Å². The molecule has 18 heavy (non-hydrogen) atoms. The summed E-state index contributed by atoms with van der Waals surface area (Å²) in [6.07, 6.45) is 3.94. The molecule has 0 radical (unpaired) electrons. The number of hydrogen-bond acceptors (Lipinski definition) is 2. The molecule has 0 atom stereocenters. The van der Waals surface area contributed by atoms with Crippen LogP contribution in [0.15, 0.2) is 18.2 Å². The summed E-state index contributed by atoms with van der Waals surface area (Å²) in [6, 6.07) is 6.33. The van der Waals surface area contributed by atoms with Gasteiger partial charge in [-0.15, -0.1) is 0 Å². The van der Waals surface area contributed by atoms with Crippen molar-refractivity contribution in [2.24, 2.45) is 5.92 Å².